The van der Waals surface area contributed by atoms with Gasteiger partial charge in [0.25, 0.3) is 0 Å². The van der Waals surface area contributed by atoms with Crippen LogP contribution in [0.4, 0.5) is 5.69 Å². The zero-order valence-electron chi connectivity index (χ0n) is 15.6. The molecule has 0 spiro atoms. The number of rotatable bonds is 8. The molecule has 2 aromatic carbocycles. The number of benzene rings is 2. The predicted octanol–water partition coefficient (Wildman–Crippen LogP) is 3.71. The van der Waals surface area contributed by atoms with Crippen LogP contribution >= 0.6 is 0 Å². The van der Waals surface area contributed by atoms with Crippen LogP contribution in [0.3, 0.4) is 0 Å². The molecule has 0 aliphatic heterocycles. The van der Waals surface area contributed by atoms with E-state index in [0.717, 1.165) is 5.56 Å². The molecule has 0 bridgehead atoms. The Hall–Kier alpha value is -2.82. The van der Waals surface area contributed by atoms with Gasteiger partial charge in [0, 0.05) is 19.9 Å². The molecule has 0 aromatic heterocycles. The van der Waals surface area contributed by atoms with Crippen molar-refractivity contribution in [1.82, 2.24) is 5.32 Å². The summed E-state index contributed by atoms with van der Waals surface area (Å²) in [6.45, 7) is 6.14. The van der Waals surface area contributed by atoms with Crippen LogP contribution in [0.2, 0.25) is 0 Å². The second kappa shape index (κ2) is 9.61. The van der Waals surface area contributed by atoms with E-state index < -0.39 is 0 Å². The highest BCUT2D eigenvalue weighted by Gasteiger charge is 2.18. The number of hydrogen-bond donors (Lipinski definition) is 1. The molecular formula is C21H26N2O3. The molecule has 0 saturated heterocycles. The summed E-state index contributed by atoms with van der Waals surface area (Å²) < 4.78 is 5.60. The standard InChI is InChI=1S/C21H26N2O3/c1-4-26-20-13-9-8-12-19(20)23(17(3)24)15-14-21(25)22-16(2)18-10-6-5-7-11-18/h5-13,16H,4,14-15H2,1-3H3,(H,22,25). The van der Waals surface area contributed by atoms with Gasteiger partial charge in [0.2, 0.25) is 11.8 Å². The van der Waals surface area contributed by atoms with Gasteiger partial charge in [0.1, 0.15) is 5.75 Å². The van der Waals surface area contributed by atoms with E-state index in [1.54, 1.807) is 4.90 Å². The normalized spacial score (nSPS) is 11.5. The summed E-state index contributed by atoms with van der Waals surface area (Å²) in [5, 5.41) is 2.97. The Morgan fingerprint density at radius 3 is 2.38 bits per heavy atom. The van der Waals surface area contributed by atoms with E-state index in [-0.39, 0.29) is 24.3 Å². The number of ether oxygens (including phenoxy) is 1. The van der Waals surface area contributed by atoms with Crippen LogP contribution in [-0.2, 0) is 9.59 Å². The van der Waals surface area contributed by atoms with Gasteiger partial charge in [0.15, 0.2) is 0 Å². The lowest BCUT2D eigenvalue weighted by molar-refractivity contribution is -0.121. The molecular weight excluding hydrogens is 328 g/mol. The number of hydrogen-bond acceptors (Lipinski definition) is 3. The average molecular weight is 354 g/mol. The highest BCUT2D eigenvalue weighted by Crippen LogP contribution is 2.28. The fourth-order valence-corrected chi connectivity index (χ4v) is 2.76. The first kappa shape index (κ1) is 19.5. The summed E-state index contributed by atoms with van der Waals surface area (Å²) in [6.07, 6.45) is 0.219. The third-order valence-corrected chi connectivity index (χ3v) is 4.08. The van der Waals surface area contributed by atoms with Gasteiger partial charge in [-0.3, -0.25) is 9.59 Å². The molecule has 2 amide bonds. The topological polar surface area (TPSA) is 58.6 Å². The molecule has 1 atom stereocenters. The third-order valence-electron chi connectivity index (χ3n) is 4.08. The molecule has 0 heterocycles. The maximum absolute atomic E-state index is 12.3. The van der Waals surface area contributed by atoms with Crippen molar-refractivity contribution in [1.29, 1.82) is 0 Å². The summed E-state index contributed by atoms with van der Waals surface area (Å²) in [4.78, 5) is 26.0. The van der Waals surface area contributed by atoms with Crippen LogP contribution in [0, 0.1) is 0 Å². The van der Waals surface area contributed by atoms with E-state index in [1.165, 1.54) is 6.92 Å². The first-order valence-electron chi connectivity index (χ1n) is 8.87. The molecule has 5 heteroatoms. The second-order valence-corrected chi connectivity index (χ2v) is 6.02. The van der Waals surface area contributed by atoms with Crippen LogP contribution in [0.25, 0.3) is 0 Å². The van der Waals surface area contributed by atoms with E-state index in [4.69, 9.17) is 4.74 Å². The van der Waals surface area contributed by atoms with Gasteiger partial charge >= 0.3 is 0 Å². The maximum atomic E-state index is 12.3. The molecule has 138 valence electrons. The molecule has 0 aliphatic rings. The van der Waals surface area contributed by atoms with Gasteiger partial charge in [-0.15, -0.1) is 0 Å². The Morgan fingerprint density at radius 2 is 1.73 bits per heavy atom. The van der Waals surface area contributed by atoms with E-state index in [0.29, 0.717) is 24.6 Å². The number of nitrogens with zero attached hydrogens (tertiary/aromatic N) is 1. The predicted molar refractivity (Wildman–Crippen MR) is 103 cm³/mol. The molecule has 5 nitrogen and oxygen atoms in total. The zero-order valence-corrected chi connectivity index (χ0v) is 15.6. The minimum absolute atomic E-state index is 0.0785. The van der Waals surface area contributed by atoms with Crippen molar-refractivity contribution < 1.29 is 14.3 Å². The van der Waals surface area contributed by atoms with Crippen LogP contribution in [0.15, 0.2) is 54.6 Å². The Bertz CT molecular complexity index is 731. The number of amides is 2. The van der Waals surface area contributed by atoms with Gasteiger partial charge < -0.3 is 15.0 Å². The van der Waals surface area contributed by atoms with Crippen LogP contribution in [0.5, 0.6) is 5.75 Å². The number of carbonyl (C=O) groups is 2. The van der Waals surface area contributed by atoms with Crippen molar-refractivity contribution in [2.45, 2.75) is 33.2 Å². The van der Waals surface area contributed by atoms with E-state index in [1.807, 2.05) is 68.4 Å². The number of anilines is 1. The number of nitrogens with one attached hydrogen (secondary N) is 1. The summed E-state index contributed by atoms with van der Waals surface area (Å²) in [5.41, 5.74) is 1.73. The molecule has 1 N–H and O–H groups in total. The third kappa shape index (κ3) is 5.34. The van der Waals surface area contributed by atoms with Gasteiger partial charge in [-0.2, -0.15) is 0 Å². The Morgan fingerprint density at radius 1 is 1.08 bits per heavy atom. The highest BCUT2D eigenvalue weighted by molar-refractivity contribution is 5.93. The van der Waals surface area contributed by atoms with Crippen LogP contribution in [0.1, 0.15) is 38.8 Å². The molecule has 1 unspecified atom stereocenters. The van der Waals surface area contributed by atoms with Crippen LogP contribution in [-0.4, -0.2) is 25.0 Å². The first-order chi connectivity index (χ1) is 12.5. The van der Waals surface area contributed by atoms with Gasteiger partial charge in [0.05, 0.1) is 18.3 Å². The summed E-state index contributed by atoms with van der Waals surface area (Å²) in [5.74, 6) is 0.422. The average Bonchev–Trinajstić information content (AvgIpc) is 2.64. The van der Waals surface area contributed by atoms with E-state index in [9.17, 15) is 9.59 Å². The van der Waals surface area contributed by atoms with Crippen molar-refractivity contribution in [2.24, 2.45) is 0 Å². The quantitative estimate of drug-likeness (QED) is 0.786. The zero-order chi connectivity index (χ0) is 18.9. The highest BCUT2D eigenvalue weighted by atomic mass is 16.5. The number of carbonyl (C=O) groups excluding carboxylic acids is 2. The summed E-state index contributed by atoms with van der Waals surface area (Å²) in [6, 6.07) is 17.1. The molecule has 2 rings (SSSR count). The van der Waals surface area contributed by atoms with Gasteiger partial charge in [-0.05, 0) is 31.5 Å². The first-order valence-corrected chi connectivity index (χ1v) is 8.87. The fourth-order valence-electron chi connectivity index (χ4n) is 2.76. The fraction of sp³-hybridized carbons (Fsp3) is 0.333. The van der Waals surface area contributed by atoms with Crippen LogP contribution < -0.4 is 15.0 Å². The van der Waals surface area contributed by atoms with Gasteiger partial charge in [-0.1, -0.05) is 42.5 Å². The van der Waals surface area contributed by atoms with Gasteiger partial charge in [-0.25, -0.2) is 0 Å². The summed E-state index contributed by atoms with van der Waals surface area (Å²) in [7, 11) is 0. The molecule has 26 heavy (non-hydrogen) atoms. The Kier molecular flexibility index (Phi) is 7.21. The largest absolute Gasteiger partial charge is 0.492 e. The number of para-hydroxylation sites is 2. The van der Waals surface area contributed by atoms with Crippen molar-refractivity contribution >= 4 is 17.5 Å². The Labute approximate surface area is 155 Å². The summed E-state index contributed by atoms with van der Waals surface area (Å²) >= 11 is 0. The monoisotopic (exact) mass is 354 g/mol. The lowest BCUT2D eigenvalue weighted by Gasteiger charge is -2.24. The Balaban J connectivity index is 2.00. The van der Waals surface area contributed by atoms with Crippen molar-refractivity contribution in [3.8, 4) is 5.75 Å². The van der Waals surface area contributed by atoms with E-state index in [2.05, 4.69) is 5.32 Å². The van der Waals surface area contributed by atoms with Crippen molar-refractivity contribution in [3.63, 3.8) is 0 Å². The van der Waals surface area contributed by atoms with E-state index >= 15 is 0 Å². The smallest absolute Gasteiger partial charge is 0.223 e. The molecule has 0 radical (unpaired) electrons. The molecule has 0 aliphatic carbocycles. The van der Waals surface area contributed by atoms with Crippen molar-refractivity contribution in [2.75, 3.05) is 18.1 Å². The minimum atomic E-state index is -0.124. The minimum Gasteiger partial charge on any atom is -0.492 e. The second-order valence-electron chi connectivity index (χ2n) is 6.02. The molecule has 2 aromatic rings. The van der Waals surface area contributed by atoms with Crippen molar-refractivity contribution in [3.05, 3.63) is 60.2 Å². The molecule has 0 fully saturated rings. The molecule has 0 saturated carbocycles. The SMILES string of the molecule is CCOc1ccccc1N(CCC(=O)NC(C)c1ccccc1)C(C)=O. The maximum Gasteiger partial charge on any atom is 0.223 e. The lowest BCUT2D eigenvalue weighted by Crippen LogP contribution is -2.35. The lowest BCUT2D eigenvalue weighted by atomic mass is 10.1.